The van der Waals surface area contributed by atoms with Gasteiger partial charge in [0, 0.05) is 10.0 Å². The van der Waals surface area contributed by atoms with Gasteiger partial charge in [0.05, 0.1) is 6.04 Å². The fraction of sp³-hybridized carbons (Fsp3) is 0.333. The Morgan fingerprint density at radius 3 is 3.00 bits per heavy atom. The maximum Gasteiger partial charge on any atom is 0.243 e. The highest BCUT2D eigenvalue weighted by Crippen LogP contribution is 2.27. The van der Waals surface area contributed by atoms with Crippen molar-refractivity contribution in [1.29, 1.82) is 0 Å². The first-order valence-corrected chi connectivity index (χ1v) is 7.84. The van der Waals surface area contributed by atoms with Crippen LogP contribution >= 0.6 is 27.7 Å². The fourth-order valence-electron chi connectivity index (χ4n) is 1.53. The Hall–Kier alpha value is -0.920. The Kier molecular flexibility index (Phi) is 4.95. The molecular weight excluding hydrogens is 333 g/mol. The first-order valence-electron chi connectivity index (χ1n) is 5.65. The molecule has 0 aliphatic rings. The third-order valence-electron chi connectivity index (χ3n) is 2.56. The molecule has 1 aromatic heterocycles. The molecule has 0 fully saturated rings. The lowest BCUT2D eigenvalue weighted by atomic mass is 10.2. The van der Waals surface area contributed by atoms with Crippen LogP contribution in [0.25, 0.3) is 11.4 Å². The molecule has 0 radical (unpaired) electrons. The van der Waals surface area contributed by atoms with Crippen molar-refractivity contribution in [3.05, 3.63) is 34.4 Å². The van der Waals surface area contributed by atoms with E-state index < -0.39 is 0 Å². The van der Waals surface area contributed by atoms with Crippen molar-refractivity contribution in [2.75, 3.05) is 12.0 Å². The zero-order valence-corrected chi connectivity index (χ0v) is 12.7. The highest BCUT2D eigenvalue weighted by atomic mass is 79.9. The highest BCUT2D eigenvalue weighted by Gasteiger charge is 2.16. The van der Waals surface area contributed by atoms with Crippen LogP contribution in [0, 0.1) is 5.82 Å². The van der Waals surface area contributed by atoms with Gasteiger partial charge in [0.2, 0.25) is 11.7 Å². The average Bonchev–Trinajstić information content (AvgIpc) is 2.85. The minimum atomic E-state index is -0.323. The van der Waals surface area contributed by atoms with E-state index in [1.165, 1.54) is 12.1 Å². The monoisotopic (exact) mass is 345 g/mol. The summed E-state index contributed by atoms with van der Waals surface area (Å²) in [6, 6.07) is 4.04. The van der Waals surface area contributed by atoms with Crippen LogP contribution in [0.3, 0.4) is 0 Å². The van der Waals surface area contributed by atoms with Gasteiger partial charge in [-0.2, -0.15) is 16.7 Å². The van der Waals surface area contributed by atoms with E-state index in [0.717, 1.165) is 12.2 Å². The molecule has 1 atom stereocenters. The molecule has 102 valence electrons. The normalized spacial score (nSPS) is 12.6. The molecule has 4 nitrogen and oxygen atoms in total. The molecule has 1 aromatic carbocycles. The number of nitrogens with two attached hydrogens (primary N) is 1. The van der Waals surface area contributed by atoms with Crippen molar-refractivity contribution < 1.29 is 8.91 Å². The van der Waals surface area contributed by atoms with Gasteiger partial charge in [0.25, 0.3) is 0 Å². The lowest BCUT2D eigenvalue weighted by Crippen LogP contribution is -2.11. The molecule has 0 aliphatic carbocycles. The second kappa shape index (κ2) is 6.49. The van der Waals surface area contributed by atoms with E-state index in [-0.39, 0.29) is 11.9 Å². The van der Waals surface area contributed by atoms with E-state index in [1.54, 1.807) is 17.8 Å². The van der Waals surface area contributed by atoms with Crippen LogP contribution in [0.1, 0.15) is 18.4 Å². The molecular formula is C12H13BrFN3OS. The Bertz CT molecular complexity index is 564. The topological polar surface area (TPSA) is 64.9 Å². The smallest absolute Gasteiger partial charge is 0.243 e. The van der Waals surface area contributed by atoms with Crippen LogP contribution in [0.4, 0.5) is 4.39 Å². The summed E-state index contributed by atoms with van der Waals surface area (Å²) in [7, 11) is 0. The quantitative estimate of drug-likeness (QED) is 0.899. The van der Waals surface area contributed by atoms with Crippen molar-refractivity contribution in [3.8, 4) is 11.4 Å². The Morgan fingerprint density at radius 2 is 2.32 bits per heavy atom. The number of halogens is 2. The van der Waals surface area contributed by atoms with Crippen molar-refractivity contribution in [1.82, 2.24) is 10.1 Å². The number of hydrogen-bond donors (Lipinski definition) is 1. The highest BCUT2D eigenvalue weighted by molar-refractivity contribution is 9.10. The minimum Gasteiger partial charge on any atom is -0.337 e. The second-order valence-electron chi connectivity index (χ2n) is 3.97. The van der Waals surface area contributed by atoms with E-state index >= 15 is 0 Å². The number of aromatic nitrogens is 2. The van der Waals surface area contributed by atoms with Crippen molar-refractivity contribution in [2.24, 2.45) is 5.73 Å². The number of rotatable bonds is 5. The van der Waals surface area contributed by atoms with Gasteiger partial charge in [-0.25, -0.2) is 4.39 Å². The lowest BCUT2D eigenvalue weighted by molar-refractivity contribution is 0.353. The molecule has 0 aliphatic heterocycles. The molecule has 0 spiro atoms. The number of benzene rings is 1. The van der Waals surface area contributed by atoms with Crippen LogP contribution in [0.2, 0.25) is 0 Å². The Labute approximate surface area is 123 Å². The molecule has 0 saturated carbocycles. The average molecular weight is 346 g/mol. The minimum absolute atomic E-state index is 0.270. The Balaban J connectivity index is 2.20. The fourth-order valence-corrected chi connectivity index (χ4v) is 2.55. The van der Waals surface area contributed by atoms with Gasteiger partial charge < -0.3 is 10.3 Å². The van der Waals surface area contributed by atoms with E-state index in [1.807, 2.05) is 6.26 Å². The van der Waals surface area contributed by atoms with Gasteiger partial charge >= 0.3 is 0 Å². The molecule has 0 saturated heterocycles. The van der Waals surface area contributed by atoms with Crippen LogP contribution < -0.4 is 5.73 Å². The van der Waals surface area contributed by atoms with E-state index in [2.05, 4.69) is 26.1 Å². The van der Waals surface area contributed by atoms with Gasteiger partial charge in [-0.1, -0.05) is 5.16 Å². The standard InChI is InChI=1S/C12H13BrFN3OS/c1-19-5-4-10(15)12-16-11(17-18-12)8-3-2-7(14)6-9(8)13/h2-3,6,10H,4-5,15H2,1H3. The van der Waals surface area contributed by atoms with E-state index in [0.29, 0.717) is 21.8 Å². The first-order chi connectivity index (χ1) is 9.11. The summed E-state index contributed by atoms with van der Waals surface area (Å²) in [6.45, 7) is 0. The number of hydrogen-bond acceptors (Lipinski definition) is 5. The molecule has 2 aromatic rings. The van der Waals surface area contributed by atoms with E-state index in [9.17, 15) is 4.39 Å². The largest absolute Gasteiger partial charge is 0.337 e. The van der Waals surface area contributed by atoms with Crippen LogP contribution in [0.5, 0.6) is 0 Å². The number of thioether (sulfide) groups is 1. The summed E-state index contributed by atoms with van der Waals surface area (Å²) in [5.74, 6) is 1.41. The third kappa shape index (κ3) is 3.55. The summed E-state index contributed by atoms with van der Waals surface area (Å²) in [4.78, 5) is 4.26. The Morgan fingerprint density at radius 1 is 1.53 bits per heavy atom. The lowest BCUT2D eigenvalue weighted by Gasteiger charge is -2.03. The summed E-state index contributed by atoms with van der Waals surface area (Å²) >= 11 is 4.99. The van der Waals surface area contributed by atoms with Gasteiger partial charge in [0.1, 0.15) is 5.82 Å². The second-order valence-corrected chi connectivity index (χ2v) is 5.81. The van der Waals surface area contributed by atoms with Crippen molar-refractivity contribution >= 4 is 27.7 Å². The van der Waals surface area contributed by atoms with Crippen molar-refractivity contribution in [2.45, 2.75) is 12.5 Å². The molecule has 0 amide bonds. The van der Waals surface area contributed by atoms with Crippen LogP contribution in [-0.2, 0) is 0 Å². The zero-order chi connectivity index (χ0) is 13.8. The summed E-state index contributed by atoms with van der Waals surface area (Å²) in [6.07, 6.45) is 2.79. The summed E-state index contributed by atoms with van der Waals surface area (Å²) in [5.41, 5.74) is 6.63. The third-order valence-corrected chi connectivity index (χ3v) is 3.86. The maximum atomic E-state index is 13.0. The van der Waals surface area contributed by atoms with Gasteiger partial charge in [-0.15, -0.1) is 0 Å². The predicted octanol–water partition coefficient (Wildman–Crippen LogP) is 3.39. The van der Waals surface area contributed by atoms with E-state index in [4.69, 9.17) is 10.3 Å². The molecule has 0 bridgehead atoms. The van der Waals surface area contributed by atoms with Crippen LogP contribution in [-0.4, -0.2) is 22.1 Å². The molecule has 2 rings (SSSR count). The molecule has 1 unspecified atom stereocenters. The van der Waals surface area contributed by atoms with Gasteiger partial charge in [0.15, 0.2) is 0 Å². The predicted molar refractivity (Wildman–Crippen MR) is 77.3 cm³/mol. The van der Waals surface area contributed by atoms with Gasteiger partial charge in [-0.05, 0) is 52.6 Å². The summed E-state index contributed by atoms with van der Waals surface area (Å²) < 4.78 is 18.8. The SMILES string of the molecule is CSCCC(N)c1nc(-c2ccc(F)cc2Br)no1. The molecule has 2 N–H and O–H groups in total. The van der Waals surface area contributed by atoms with Gasteiger partial charge in [-0.3, -0.25) is 0 Å². The molecule has 19 heavy (non-hydrogen) atoms. The summed E-state index contributed by atoms with van der Waals surface area (Å²) in [5, 5.41) is 3.88. The number of nitrogens with zero attached hydrogens (tertiary/aromatic N) is 2. The van der Waals surface area contributed by atoms with Crippen LogP contribution in [0.15, 0.2) is 27.2 Å². The molecule has 1 heterocycles. The van der Waals surface area contributed by atoms with Crippen molar-refractivity contribution in [3.63, 3.8) is 0 Å². The molecule has 7 heteroatoms. The maximum absolute atomic E-state index is 13.0. The zero-order valence-electron chi connectivity index (χ0n) is 10.3. The first kappa shape index (κ1) is 14.5.